The van der Waals surface area contributed by atoms with Gasteiger partial charge in [-0.05, 0) is 55.7 Å². The van der Waals surface area contributed by atoms with E-state index in [-0.39, 0.29) is 62.9 Å². The van der Waals surface area contributed by atoms with Crippen molar-refractivity contribution in [2.75, 3.05) is 109 Å². The van der Waals surface area contributed by atoms with Crippen LogP contribution in [0.4, 0.5) is 106 Å². The number of aliphatic hydroxyl groups excluding tert-OH is 3. The van der Waals surface area contributed by atoms with E-state index in [1.807, 2.05) is 9.80 Å². The zero-order chi connectivity index (χ0) is 69.2. The van der Waals surface area contributed by atoms with Crippen LogP contribution >= 0.6 is 0 Å². The van der Waals surface area contributed by atoms with E-state index in [2.05, 4.69) is 65.7 Å². The Bertz CT molecular complexity index is 3600. The number of halogens is 10. The molecule has 0 spiro atoms. The quantitative estimate of drug-likeness (QED) is 0.0328. The molecular formula is C55H58F9IN21O10-. The van der Waals surface area contributed by atoms with Gasteiger partial charge in [0, 0.05) is 76.4 Å². The topological polar surface area (TPSA) is 405 Å². The standard InChI is InChI=1S/2C18H18F3N7O3.C15H14N6O3.C4H8F3INO/c2*19-18(20,21)13(9-29)25-16(30)11-1-2-12-15(24-11)28(10-3-6-27(12)8-10)17(31)26-14-7-22-4-5-23-14;22-14(23)10-1-2-11-13(18-10)21(9-3-6-20(11)8-9)15(24)19-12-7-16-4-5-17-12;5-4(6,7)3(2-10)1-8-9/h2*1-2,4-5,7,10,13,29H,3,6,8-9H2,(H,25,30)(H,23,26,31);1-2,4-5,7,9H,3,6,8H2,(H,22,23)(H,17,19,24);3,10H,1-2,9H2/q;;;-1/t10-,13+;10-,13-;9-;/m000./s1. The van der Waals surface area contributed by atoms with Crippen molar-refractivity contribution in [2.45, 2.75) is 68.0 Å². The van der Waals surface area contributed by atoms with Crippen LogP contribution < -0.4 is 81.4 Å². The molecule has 12 heterocycles. The molecule has 6 aliphatic heterocycles. The molecular weight excluding hydrogens is 1410 g/mol. The summed E-state index contributed by atoms with van der Waals surface area (Å²) >= 11 is -0.885. The fourth-order valence-electron chi connectivity index (χ4n) is 10.7. The summed E-state index contributed by atoms with van der Waals surface area (Å²) < 4.78 is 117. The second kappa shape index (κ2) is 30.3. The van der Waals surface area contributed by atoms with E-state index in [1.54, 1.807) is 28.8 Å². The van der Waals surface area contributed by atoms with Crippen LogP contribution in [-0.2, 0) is 0 Å². The Morgan fingerprint density at radius 3 is 1.09 bits per heavy atom. The van der Waals surface area contributed by atoms with Crippen LogP contribution in [0.15, 0.2) is 92.2 Å². The second-order valence-corrected chi connectivity index (χ2v) is 23.3. The number of alkyl halides is 10. The number of nitrogens with two attached hydrogens (primary N) is 1. The van der Waals surface area contributed by atoms with Gasteiger partial charge in [-0.3, -0.25) is 55.2 Å². The maximum atomic E-state index is 13.0. The van der Waals surface area contributed by atoms with Gasteiger partial charge in [-0.25, -0.2) is 49.1 Å². The average Bonchev–Trinajstić information content (AvgIpc) is 1.58. The molecule has 6 atom stereocenters. The number of fused-ring (bicyclic) bond motifs is 12. The van der Waals surface area contributed by atoms with Crippen molar-refractivity contribution in [3.8, 4) is 0 Å². The molecule has 96 heavy (non-hydrogen) atoms. The molecule has 11 N–H and O–H groups in total. The van der Waals surface area contributed by atoms with Gasteiger partial charge in [-0.2, -0.15) is 26.3 Å². The molecule has 1 unspecified atom stereocenters. The first-order valence-electron chi connectivity index (χ1n) is 28.7. The van der Waals surface area contributed by atoms with Crippen LogP contribution in [0.25, 0.3) is 0 Å². The van der Waals surface area contributed by atoms with Crippen LogP contribution in [0.5, 0.6) is 0 Å². The second-order valence-electron chi connectivity index (χ2n) is 21.5. The molecule has 8 amide bonds. The minimum atomic E-state index is -4.81. The Hall–Kier alpha value is -9.75. The van der Waals surface area contributed by atoms with E-state index in [9.17, 15) is 73.4 Å². The van der Waals surface area contributed by atoms with Crippen molar-refractivity contribution in [3.05, 3.63) is 109 Å². The number of urea groups is 3. The van der Waals surface area contributed by atoms with E-state index < -0.39 is 114 Å². The number of pyridine rings is 3. The van der Waals surface area contributed by atoms with Gasteiger partial charge < -0.3 is 40.7 Å². The molecule has 31 nitrogen and oxygen atoms in total. The number of carbonyl (C=O) groups excluding carboxylic acids is 5. The van der Waals surface area contributed by atoms with E-state index in [1.165, 1.54) is 88.7 Å². The number of aromatic carboxylic acids is 1. The van der Waals surface area contributed by atoms with Crippen molar-refractivity contribution in [1.82, 2.24) is 55.5 Å². The normalized spacial score (nSPS) is 18.1. The van der Waals surface area contributed by atoms with Crippen molar-refractivity contribution >= 4 is 87.8 Å². The Kier molecular flexibility index (Phi) is 22.3. The fourth-order valence-corrected chi connectivity index (χ4v) is 12.1. The number of aliphatic hydroxyl groups is 3. The minimum absolute atomic E-state index is 0.0503. The summed E-state index contributed by atoms with van der Waals surface area (Å²) in [4.78, 5) is 121. The molecule has 6 aliphatic rings. The fraction of sp³-hybridized carbons (Fsp3) is 0.400. The monoisotopic (exact) mass is 1470 g/mol. The molecule has 0 radical (unpaired) electrons. The number of aromatic nitrogens is 9. The predicted molar refractivity (Wildman–Crippen MR) is 317 cm³/mol. The summed E-state index contributed by atoms with van der Waals surface area (Å²) in [6, 6.07) is 2.01. The molecule has 6 aromatic heterocycles. The Balaban J connectivity index is 0.000000159. The molecule has 3 fully saturated rings. The minimum Gasteiger partial charge on any atom is -0.477 e. The van der Waals surface area contributed by atoms with Crippen molar-refractivity contribution in [3.63, 3.8) is 0 Å². The molecule has 514 valence electrons. The van der Waals surface area contributed by atoms with Gasteiger partial charge in [0.05, 0.1) is 67.0 Å². The van der Waals surface area contributed by atoms with E-state index in [0.717, 1.165) is 18.7 Å². The van der Waals surface area contributed by atoms with Crippen LogP contribution in [0.1, 0.15) is 50.7 Å². The van der Waals surface area contributed by atoms with Crippen LogP contribution in [0.2, 0.25) is 0 Å². The van der Waals surface area contributed by atoms with Gasteiger partial charge in [0.15, 0.2) is 40.6 Å². The number of nitrogens with zero attached hydrogens (tertiary/aromatic N) is 15. The van der Waals surface area contributed by atoms with Gasteiger partial charge in [0.2, 0.25) is 0 Å². The first-order valence-corrected chi connectivity index (χ1v) is 31.5. The van der Waals surface area contributed by atoms with E-state index >= 15 is 0 Å². The van der Waals surface area contributed by atoms with Gasteiger partial charge in [-0.15, -0.1) is 0 Å². The van der Waals surface area contributed by atoms with Gasteiger partial charge in [-0.1, -0.05) is 0 Å². The smallest absolute Gasteiger partial charge is 0.410 e. The average molecular weight is 1470 g/mol. The molecule has 0 aromatic carbocycles. The van der Waals surface area contributed by atoms with Crippen LogP contribution in [0.3, 0.4) is 0 Å². The Morgan fingerprint density at radius 1 is 0.500 bits per heavy atom. The molecule has 6 bridgehead atoms. The SMILES string of the molecule is N[I-]CC(CO)C(F)(F)F.O=C(N[C@@H](CO)C(F)(F)F)c1ccc2c(n1)N(C(=O)Nc1cnccn1)[C@H]1CCN2C1.O=C(N[C@H](CO)C(F)(F)F)c1ccc2c(n1)N(C(=O)Nc1cnccn1)[C@H]1CCN2C1.O=C(O)c1ccc2c(n1)N(C(=O)Nc1cnccn1)[C@H]1CCN2C1. The summed E-state index contributed by atoms with van der Waals surface area (Å²) in [6.45, 7) is 0.520. The Morgan fingerprint density at radius 2 is 0.833 bits per heavy atom. The zero-order valence-corrected chi connectivity index (χ0v) is 51.8. The predicted octanol–water partition coefficient (Wildman–Crippen LogP) is 0.631. The first-order chi connectivity index (χ1) is 45.7. The van der Waals surface area contributed by atoms with Gasteiger partial charge >= 0.3 is 103 Å². The summed E-state index contributed by atoms with van der Waals surface area (Å²) in [7, 11) is 0. The third-order valence-electron chi connectivity index (χ3n) is 15.3. The summed E-state index contributed by atoms with van der Waals surface area (Å²) in [5.74, 6) is -3.48. The zero-order valence-electron chi connectivity index (χ0n) is 49.6. The Labute approximate surface area is 547 Å². The van der Waals surface area contributed by atoms with Crippen molar-refractivity contribution in [2.24, 2.45) is 9.86 Å². The maximum absolute atomic E-state index is 13.0. The number of rotatable bonds is 13. The molecule has 3 saturated heterocycles. The number of hydrogen-bond acceptors (Lipinski definition) is 22. The largest absolute Gasteiger partial charge is 0.477 e. The van der Waals surface area contributed by atoms with Crippen molar-refractivity contribution < 1.29 is 110 Å². The van der Waals surface area contributed by atoms with E-state index in [4.69, 9.17) is 19.3 Å². The third-order valence-corrected chi connectivity index (χ3v) is 16.9. The van der Waals surface area contributed by atoms with Crippen molar-refractivity contribution in [1.29, 1.82) is 0 Å². The van der Waals surface area contributed by atoms with Crippen LogP contribution in [0, 0.1) is 5.92 Å². The van der Waals surface area contributed by atoms with Gasteiger partial charge in [0.25, 0.3) is 11.8 Å². The number of anilines is 9. The van der Waals surface area contributed by atoms with Gasteiger partial charge in [0.1, 0.15) is 23.5 Å². The van der Waals surface area contributed by atoms with E-state index in [0.29, 0.717) is 68.6 Å². The summed E-state index contributed by atoms with van der Waals surface area (Å²) in [5, 5.41) is 46.7. The number of amides is 8. The molecule has 41 heteroatoms. The molecule has 0 aliphatic carbocycles. The number of carboxylic acids is 1. The number of carbonyl (C=O) groups is 6. The molecule has 0 saturated carbocycles. The third kappa shape index (κ3) is 16.7. The summed E-state index contributed by atoms with van der Waals surface area (Å²) in [5.41, 5.74) is 1.25. The number of nitrogens with one attached hydrogen (secondary N) is 5. The first kappa shape index (κ1) is 70.6. The molecule has 12 rings (SSSR count). The maximum Gasteiger partial charge on any atom is 0.410 e. The summed E-state index contributed by atoms with van der Waals surface area (Å²) in [6.07, 6.45) is 1.12. The number of carboxylic acid groups (broad SMARTS) is 1. The van der Waals surface area contributed by atoms with Crippen LogP contribution in [-0.4, -0.2) is 213 Å². The number of hydrogen-bond donors (Lipinski definition) is 10. The molecule has 6 aromatic rings.